The molecule has 2 saturated heterocycles. The Labute approximate surface area is 223 Å². The minimum Gasteiger partial charge on any atom is -0.492 e. The molecule has 2 unspecified atom stereocenters. The van der Waals surface area contributed by atoms with E-state index in [0.717, 1.165) is 34.4 Å². The van der Waals surface area contributed by atoms with Gasteiger partial charge in [-0.25, -0.2) is 13.4 Å². The number of para-hydroxylation sites is 1. The summed E-state index contributed by atoms with van der Waals surface area (Å²) in [6, 6.07) is 8.87. The topological polar surface area (TPSA) is 89.0 Å². The molecule has 4 heterocycles. The van der Waals surface area contributed by atoms with Crippen LogP contribution in [0.15, 0.2) is 34.5 Å². The number of sulfonamides is 1. The zero-order chi connectivity index (χ0) is 25.3. The van der Waals surface area contributed by atoms with Gasteiger partial charge in [-0.2, -0.15) is 4.31 Å². The molecule has 2 atom stereocenters. The van der Waals surface area contributed by atoms with Crippen LogP contribution in [0.5, 0.6) is 5.75 Å². The van der Waals surface area contributed by atoms with Crippen molar-refractivity contribution in [1.82, 2.24) is 9.29 Å². The van der Waals surface area contributed by atoms with Crippen LogP contribution in [0.25, 0.3) is 10.2 Å². The maximum Gasteiger partial charge on any atom is 0.252 e. The molecule has 2 aromatic heterocycles. The van der Waals surface area contributed by atoms with Gasteiger partial charge in [0.2, 0.25) is 5.91 Å². The zero-order valence-corrected chi connectivity index (χ0v) is 23.1. The summed E-state index contributed by atoms with van der Waals surface area (Å²) < 4.78 is 41.0. The number of thiophene rings is 1. The number of nitrogens with zero attached hydrogens (tertiary/aromatic N) is 3. The third-order valence-electron chi connectivity index (χ3n) is 6.45. The summed E-state index contributed by atoms with van der Waals surface area (Å²) in [5, 5.41) is 0.586. The lowest BCUT2D eigenvalue weighted by atomic mass is 9.98. The summed E-state index contributed by atoms with van der Waals surface area (Å²) in [6.07, 6.45) is 3.00. The van der Waals surface area contributed by atoms with Crippen LogP contribution in [-0.2, 0) is 19.6 Å². The largest absolute Gasteiger partial charge is 0.492 e. The molecule has 1 amide bonds. The fourth-order valence-corrected chi connectivity index (χ4v) is 8.86. The minimum atomic E-state index is -3.71. The van der Waals surface area contributed by atoms with Gasteiger partial charge in [0.05, 0.1) is 34.2 Å². The normalized spacial score (nSPS) is 21.2. The molecule has 0 spiro atoms. The van der Waals surface area contributed by atoms with Crippen LogP contribution >= 0.6 is 34.3 Å². The maximum atomic E-state index is 14.0. The quantitative estimate of drug-likeness (QED) is 0.378. The molecule has 12 heteroatoms. The number of rotatable bonds is 8. The Bertz CT molecular complexity index is 1340. The van der Waals surface area contributed by atoms with Gasteiger partial charge < -0.3 is 9.47 Å². The Balaban J connectivity index is 1.43. The Morgan fingerprint density at radius 2 is 2.11 bits per heavy atom. The van der Waals surface area contributed by atoms with E-state index in [1.165, 1.54) is 21.7 Å². The van der Waals surface area contributed by atoms with E-state index in [2.05, 4.69) is 0 Å². The van der Waals surface area contributed by atoms with Crippen molar-refractivity contribution in [3.63, 3.8) is 0 Å². The highest BCUT2D eigenvalue weighted by molar-refractivity contribution is 7.91. The molecule has 1 aromatic carbocycles. The lowest BCUT2D eigenvalue weighted by Gasteiger charge is -2.34. The number of carbonyl (C=O) groups excluding carboxylic acids is 1. The average molecular weight is 570 g/mol. The number of benzene rings is 1. The Morgan fingerprint density at radius 3 is 2.83 bits per heavy atom. The molecule has 3 aromatic rings. The Hall–Kier alpha value is -1.76. The second kappa shape index (κ2) is 10.9. The van der Waals surface area contributed by atoms with Crippen LogP contribution in [0.3, 0.4) is 0 Å². The molecule has 2 fully saturated rings. The number of piperidine rings is 1. The zero-order valence-electron chi connectivity index (χ0n) is 19.9. The van der Waals surface area contributed by atoms with Gasteiger partial charge in [0.1, 0.15) is 15.5 Å². The van der Waals surface area contributed by atoms with Crippen LogP contribution in [0.2, 0.25) is 4.34 Å². The molecule has 2 aliphatic heterocycles. The van der Waals surface area contributed by atoms with Crippen LogP contribution in [0.4, 0.5) is 5.13 Å². The minimum absolute atomic E-state index is 0.0657. The summed E-state index contributed by atoms with van der Waals surface area (Å²) in [5.74, 6) is 0.0990. The van der Waals surface area contributed by atoms with Gasteiger partial charge in [-0.1, -0.05) is 29.0 Å². The summed E-state index contributed by atoms with van der Waals surface area (Å²) in [4.78, 5) is 20.5. The number of hydrogen-bond donors (Lipinski definition) is 0. The number of ether oxygens (including phenoxy) is 2. The number of aromatic nitrogens is 1. The molecule has 0 N–H and O–H groups in total. The first-order valence-electron chi connectivity index (χ1n) is 12.1. The van der Waals surface area contributed by atoms with Gasteiger partial charge in [0.15, 0.2) is 5.13 Å². The van der Waals surface area contributed by atoms with Crippen molar-refractivity contribution < 1.29 is 22.7 Å². The lowest BCUT2D eigenvalue weighted by Crippen LogP contribution is -2.48. The van der Waals surface area contributed by atoms with E-state index in [0.29, 0.717) is 54.4 Å². The van der Waals surface area contributed by atoms with Crippen LogP contribution < -0.4 is 9.64 Å². The molecular formula is C24H28ClN3O5S3. The highest BCUT2D eigenvalue weighted by Gasteiger charge is 2.37. The number of anilines is 1. The number of thiazole rings is 1. The van der Waals surface area contributed by atoms with Crippen molar-refractivity contribution in [3.05, 3.63) is 34.7 Å². The first-order valence-corrected chi connectivity index (χ1v) is 15.5. The molecule has 0 aliphatic carbocycles. The van der Waals surface area contributed by atoms with Crippen molar-refractivity contribution in [2.45, 2.75) is 42.9 Å². The van der Waals surface area contributed by atoms with E-state index in [1.807, 2.05) is 25.1 Å². The fraction of sp³-hybridized carbons (Fsp3) is 0.500. The smallest absolute Gasteiger partial charge is 0.252 e. The first-order chi connectivity index (χ1) is 17.4. The molecule has 2 aliphatic rings. The van der Waals surface area contributed by atoms with Crippen LogP contribution in [0.1, 0.15) is 32.6 Å². The van der Waals surface area contributed by atoms with Gasteiger partial charge in [0.25, 0.3) is 10.0 Å². The third-order valence-corrected chi connectivity index (χ3v) is 11.1. The summed E-state index contributed by atoms with van der Waals surface area (Å²) in [7, 11) is -3.71. The van der Waals surface area contributed by atoms with Gasteiger partial charge in [-0.3, -0.25) is 9.69 Å². The van der Waals surface area contributed by atoms with Gasteiger partial charge in [0, 0.05) is 19.7 Å². The predicted molar refractivity (Wildman–Crippen MR) is 143 cm³/mol. The number of amides is 1. The number of fused-ring (bicyclic) bond motifs is 1. The second-order valence-corrected chi connectivity index (χ2v) is 13.8. The van der Waals surface area contributed by atoms with E-state index < -0.39 is 15.9 Å². The van der Waals surface area contributed by atoms with E-state index in [1.54, 1.807) is 11.0 Å². The molecule has 0 saturated carbocycles. The van der Waals surface area contributed by atoms with Crippen molar-refractivity contribution in [2.75, 3.05) is 37.7 Å². The van der Waals surface area contributed by atoms with Crippen LogP contribution in [0, 0.1) is 5.92 Å². The average Bonchev–Trinajstić information content (AvgIpc) is 3.64. The van der Waals surface area contributed by atoms with Crippen molar-refractivity contribution >= 4 is 65.6 Å². The molecule has 36 heavy (non-hydrogen) atoms. The van der Waals surface area contributed by atoms with E-state index in [-0.39, 0.29) is 22.8 Å². The molecular weight excluding hydrogens is 542 g/mol. The number of carbonyl (C=O) groups is 1. The van der Waals surface area contributed by atoms with Crippen molar-refractivity contribution in [2.24, 2.45) is 5.92 Å². The standard InChI is InChI=1S/C24H28ClN3O5S3/c1-2-32-18-8-3-9-19-22(18)26-24(34-19)28(15-17-7-5-13-33-17)23(29)16-6-4-12-27(14-16)36(30,31)21-11-10-20(25)35-21/h3,8-11,16-17H,2,4-7,12-15H2,1H3. The van der Waals surface area contributed by atoms with E-state index in [4.69, 9.17) is 26.1 Å². The Morgan fingerprint density at radius 1 is 1.25 bits per heavy atom. The summed E-state index contributed by atoms with van der Waals surface area (Å²) in [5.41, 5.74) is 0.729. The molecule has 5 rings (SSSR count). The maximum absolute atomic E-state index is 14.0. The van der Waals surface area contributed by atoms with E-state index >= 15 is 0 Å². The first kappa shape index (κ1) is 25.9. The third kappa shape index (κ3) is 5.27. The monoisotopic (exact) mass is 569 g/mol. The Kier molecular flexibility index (Phi) is 7.85. The second-order valence-electron chi connectivity index (χ2n) is 8.88. The molecule has 194 valence electrons. The predicted octanol–water partition coefficient (Wildman–Crippen LogP) is 5.02. The van der Waals surface area contributed by atoms with Gasteiger partial charge >= 0.3 is 0 Å². The molecule has 8 nitrogen and oxygen atoms in total. The lowest BCUT2D eigenvalue weighted by molar-refractivity contribution is -0.123. The molecule has 0 bridgehead atoms. The van der Waals surface area contributed by atoms with Gasteiger partial charge in [-0.05, 0) is 56.9 Å². The highest BCUT2D eigenvalue weighted by atomic mass is 35.5. The van der Waals surface area contributed by atoms with Crippen molar-refractivity contribution in [1.29, 1.82) is 0 Å². The summed E-state index contributed by atoms with van der Waals surface area (Å²) in [6.45, 7) is 4.03. The SMILES string of the molecule is CCOc1cccc2sc(N(CC3CCCO3)C(=O)C3CCCN(S(=O)(=O)c4ccc(Cl)s4)C3)nc12. The fourth-order valence-electron chi connectivity index (χ4n) is 4.70. The number of halogens is 1. The summed E-state index contributed by atoms with van der Waals surface area (Å²) >= 11 is 8.46. The van der Waals surface area contributed by atoms with E-state index in [9.17, 15) is 13.2 Å². The number of hydrogen-bond acceptors (Lipinski definition) is 8. The van der Waals surface area contributed by atoms with Gasteiger partial charge in [-0.15, -0.1) is 11.3 Å². The van der Waals surface area contributed by atoms with Crippen LogP contribution in [-0.4, -0.2) is 62.6 Å². The molecule has 0 radical (unpaired) electrons. The highest BCUT2D eigenvalue weighted by Crippen LogP contribution is 2.37. The van der Waals surface area contributed by atoms with Crippen molar-refractivity contribution in [3.8, 4) is 5.75 Å².